The number of hydrogen-bond donors (Lipinski definition) is 0. The Hall–Kier alpha value is -0.180. The highest BCUT2D eigenvalue weighted by Crippen LogP contribution is 2.49. The second-order valence-corrected chi connectivity index (χ2v) is 6.39. The molecule has 0 saturated carbocycles. The van der Waals surface area contributed by atoms with Crippen molar-refractivity contribution in [3.63, 3.8) is 0 Å². The van der Waals surface area contributed by atoms with Crippen molar-refractivity contribution in [2.45, 2.75) is 27.2 Å². The molecule has 1 atom stereocenters. The standard InChI is InChI=1S/C10H21O4P/c1-8(2)10(6-9(3)11)7-15(12,13-4)14-5/h8,10H,6-7H2,1-5H3/t10-/m1/s1. The fraction of sp³-hybridized carbons (Fsp3) is 0.900. The van der Waals surface area contributed by atoms with Crippen LogP contribution in [0.4, 0.5) is 0 Å². The summed E-state index contributed by atoms with van der Waals surface area (Å²) in [5.74, 6) is 0.438. The molecule has 4 nitrogen and oxygen atoms in total. The second kappa shape index (κ2) is 6.41. The van der Waals surface area contributed by atoms with Gasteiger partial charge < -0.3 is 13.8 Å². The molecule has 0 saturated heterocycles. The first kappa shape index (κ1) is 14.8. The molecule has 0 unspecified atom stereocenters. The van der Waals surface area contributed by atoms with Crippen LogP contribution in [0, 0.1) is 11.8 Å². The highest BCUT2D eigenvalue weighted by molar-refractivity contribution is 7.53. The van der Waals surface area contributed by atoms with Gasteiger partial charge in [-0.25, -0.2) is 0 Å². The van der Waals surface area contributed by atoms with Crippen LogP contribution in [0.25, 0.3) is 0 Å². The summed E-state index contributed by atoms with van der Waals surface area (Å²) < 4.78 is 21.6. The fourth-order valence-electron chi connectivity index (χ4n) is 1.39. The van der Waals surface area contributed by atoms with E-state index in [9.17, 15) is 9.36 Å². The van der Waals surface area contributed by atoms with E-state index in [1.54, 1.807) is 6.92 Å². The van der Waals surface area contributed by atoms with Crippen LogP contribution in [0.2, 0.25) is 0 Å². The zero-order valence-electron chi connectivity index (χ0n) is 10.1. The summed E-state index contributed by atoms with van der Waals surface area (Å²) in [6, 6.07) is 0. The van der Waals surface area contributed by atoms with Gasteiger partial charge in [0.25, 0.3) is 0 Å². The van der Waals surface area contributed by atoms with Gasteiger partial charge in [0, 0.05) is 20.6 Å². The number of carbonyl (C=O) groups is 1. The Bertz CT molecular complexity index is 242. The predicted molar refractivity (Wildman–Crippen MR) is 60.1 cm³/mol. The first-order valence-corrected chi connectivity index (χ1v) is 6.77. The number of hydrogen-bond acceptors (Lipinski definition) is 4. The van der Waals surface area contributed by atoms with Crippen molar-refractivity contribution >= 4 is 13.4 Å². The van der Waals surface area contributed by atoms with Gasteiger partial charge >= 0.3 is 7.60 Å². The minimum Gasteiger partial charge on any atom is -0.312 e. The van der Waals surface area contributed by atoms with Gasteiger partial charge in [0.15, 0.2) is 0 Å². The van der Waals surface area contributed by atoms with Crippen LogP contribution in [-0.2, 0) is 18.4 Å². The van der Waals surface area contributed by atoms with E-state index in [2.05, 4.69) is 0 Å². The minimum absolute atomic E-state index is 0.0493. The maximum Gasteiger partial charge on any atom is 0.330 e. The molecule has 0 rings (SSSR count). The van der Waals surface area contributed by atoms with Gasteiger partial charge in [-0.2, -0.15) is 0 Å². The topological polar surface area (TPSA) is 52.6 Å². The summed E-state index contributed by atoms with van der Waals surface area (Å²) in [5, 5.41) is 0. The van der Waals surface area contributed by atoms with E-state index in [0.717, 1.165) is 0 Å². The first-order valence-electron chi connectivity index (χ1n) is 5.04. The molecule has 0 radical (unpaired) electrons. The van der Waals surface area contributed by atoms with Crippen molar-refractivity contribution in [1.82, 2.24) is 0 Å². The molecule has 0 aromatic rings. The lowest BCUT2D eigenvalue weighted by atomic mass is 9.93. The fourth-order valence-corrected chi connectivity index (χ4v) is 2.96. The van der Waals surface area contributed by atoms with Crippen molar-refractivity contribution in [3.05, 3.63) is 0 Å². The van der Waals surface area contributed by atoms with Gasteiger partial charge in [0.1, 0.15) is 5.78 Å². The number of rotatable bonds is 7. The highest BCUT2D eigenvalue weighted by Gasteiger charge is 2.29. The number of ketones is 1. The lowest BCUT2D eigenvalue weighted by molar-refractivity contribution is -0.118. The molecular formula is C10H21O4P. The van der Waals surface area contributed by atoms with Crippen LogP contribution >= 0.6 is 7.60 Å². The zero-order valence-corrected chi connectivity index (χ0v) is 11.0. The summed E-state index contributed by atoms with van der Waals surface area (Å²) in [5.41, 5.74) is 0. The van der Waals surface area contributed by atoms with Crippen LogP contribution in [0.3, 0.4) is 0 Å². The van der Waals surface area contributed by atoms with Gasteiger partial charge in [-0.15, -0.1) is 0 Å². The molecular weight excluding hydrogens is 215 g/mol. The number of carbonyl (C=O) groups excluding carboxylic acids is 1. The molecule has 0 amide bonds. The Morgan fingerprint density at radius 3 is 2.00 bits per heavy atom. The zero-order chi connectivity index (χ0) is 12.1. The van der Waals surface area contributed by atoms with E-state index in [1.165, 1.54) is 14.2 Å². The van der Waals surface area contributed by atoms with Gasteiger partial charge in [0.05, 0.1) is 6.16 Å². The Morgan fingerprint density at radius 1 is 1.27 bits per heavy atom. The summed E-state index contributed by atoms with van der Waals surface area (Å²) in [6.45, 7) is 5.55. The minimum atomic E-state index is -3.00. The van der Waals surface area contributed by atoms with Gasteiger partial charge in [-0.3, -0.25) is 4.57 Å². The average molecular weight is 236 g/mol. The predicted octanol–water partition coefficient (Wildman–Crippen LogP) is 2.72. The average Bonchev–Trinajstić information content (AvgIpc) is 2.16. The molecule has 0 aromatic carbocycles. The lowest BCUT2D eigenvalue weighted by Crippen LogP contribution is -2.18. The van der Waals surface area contributed by atoms with Gasteiger partial charge in [-0.05, 0) is 18.8 Å². The summed E-state index contributed by atoms with van der Waals surface area (Å²) >= 11 is 0. The third kappa shape index (κ3) is 5.45. The molecule has 15 heavy (non-hydrogen) atoms. The van der Waals surface area contributed by atoms with Crippen LogP contribution in [0.5, 0.6) is 0 Å². The maximum atomic E-state index is 11.9. The van der Waals surface area contributed by atoms with Crippen molar-refractivity contribution in [1.29, 1.82) is 0 Å². The molecule has 0 spiro atoms. The van der Waals surface area contributed by atoms with Crippen molar-refractivity contribution in [3.8, 4) is 0 Å². The van der Waals surface area contributed by atoms with E-state index in [0.29, 0.717) is 12.6 Å². The van der Waals surface area contributed by atoms with Gasteiger partial charge in [0.2, 0.25) is 0 Å². The van der Waals surface area contributed by atoms with Crippen LogP contribution in [-0.4, -0.2) is 26.2 Å². The number of Topliss-reactive ketones (excluding diaryl/α,β-unsaturated/α-hetero) is 1. The Labute approximate surface area is 91.9 Å². The highest BCUT2D eigenvalue weighted by atomic mass is 31.2. The van der Waals surface area contributed by atoms with E-state index >= 15 is 0 Å². The van der Waals surface area contributed by atoms with E-state index in [-0.39, 0.29) is 17.6 Å². The van der Waals surface area contributed by atoms with Crippen molar-refractivity contribution in [2.75, 3.05) is 20.4 Å². The molecule has 0 bridgehead atoms. The monoisotopic (exact) mass is 236 g/mol. The molecule has 0 N–H and O–H groups in total. The molecule has 90 valence electrons. The SMILES string of the molecule is COP(=O)(C[C@@H](CC(C)=O)C(C)C)OC. The molecule has 0 aliphatic carbocycles. The molecule has 0 heterocycles. The third-order valence-electron chi connectivity index (χ3n) is 2.51. The van der Waals surface area contributed by atoms with E-state index in [1.807, 2.05) is 13.8 Å². The molecule has 0 fully saturated rings. The molecule has 0 aromatic heterocycles. The van der Waals surface area contributed by atoms with Crippen molar-refractivity contribution < 1.29 is 18.4 Å². The van der Waals surface area contributed by atoms with Gasteiger partial charge in [-0.1, -0.05) is 13.8 Å². The quantitative estimate of drug-likeness (QED) is 0.638. The van der Waals surface area contributed by atoms with Crippen LogP contribution in [0.15, 0.2) is 0 Å². The molecule has 0 aliphatic rings. The third-order valence-corrected chi connectivity index (χ3v) is 4.54. The van der Waals surface area contributed by atoms with E-state index < -0.39 is 7.60 Å². The summed E-state index contributed by atoms with van der Waals surface area (Å²) in [7, 11) is -0.259. The Kier molecular flexibility index (Phi) is 6.34. The molecule has 5 heteroatoms. The van der Waals surface area contributed by atoms with Crippen LogP contribution in [0.1, 0.15) is 27.2 Å². The smallest absolute Gasteiger partial charge is 0.312 e. The van der Waals surface area contributed by atoms with E-state index in [4.69, 9.17) is 9.05 Å². The summed E-state index contributed by atoms with van der Waals surface area (Å²) in [4.78, 5) is 11.0. The first-order chi connectivity index (χ1) is 6.84. The van der Waals surface area contributed by atoms with Crippen LogP contribution < -0.4 is 0 Å². The second-order valence-electron chi connectivity index (χ2n) is 4.07. The Balaban J connectivity index is 4.53. The largest absolute Gasteiger partial charge is 0.330 e. The Morgan fingerprint density at radius 2 is 1.73 bits per heavy atom. The van der Waals surface area contributed by atoms with Crippen molar-refractivity contribution in [2.24, 2.45) is 11.8 Å². The molecule has 0 aliphatic heterocycles. The summed E-state index contributed by atoms with van der Waals surface area (Å²) in [6.07, 6.45) is 0.728. The normalized spacial score (nSPS) is 14.3. The lowest BCUT2D eigenvalue weighted by Gasteiger charge is -2.23. The maximum absolute atomic E-state index is 11.9.